The molecular weight excluding hydrogens is 393 g/mol. The minimum absolute atomic E-state index is 0.0236. The average molecular weight is 406 g/mol. The second-order valence-corrected chi connectivity index (χ2v) is 7.38. The van der Waals surface area contributed by atoms with E-state index >= 15 is 0 Å². The summed E-state index contributed by atoms with van der Waals surface area (Å²) in [5, 5.41) is 12.6. The Morgan fingerprint density at radius 2 is 2.11 bits per heavy atom. The topological polar surface area (TPSA) is 75.4 Å². The van der Waals surface area contributed by atoms with Crippen LogP contribution in [0.1, 0.15) is 16.1 Å². The second kappa shape index (κ2) is 6.79. The Hall–Kier alpha value is -2.71. The number of nitrogens with zero attached hydrogens (tertiary/aromatic N) is 3. The smallest absolute Gasteiger partial charge is 0.274 e. The predicted octanol–water partition coefficient (Wildman–Crippen LogP) is 3.13. The van der Waals surface area contributed by atoms with E-state index in [0.717, 1.165) is 0 Å². The third-order valence-corrected chi connectivity index (χ3v) is 5.47. The zero-order valence-electron chi connectivity index (χ0n) is 13.9. The van der Waals surface area contributed by atoms with E-state index in [4.69, 9.17) is 11.6 Å². The normalized spacial score (nSPS) is 13.7. The van der Waals surface area contributed by atoms with Gasteiger partial charge in [-0.3, -0.25) is 9.59 Å². The number of rotatable bonds is 3. The Bertz CT molecular complexity index is 1100. The summed E-state index contributed by atoms with van der Waals surface area (Å²) in [4.78, 5) is 30.9. The van der Waals surface area contributed by atoms with Crippen molar-refractivity contribution in [3.05, 3.63) is 68.3 Å². The largest absolute Gasteiger partial charge is 0.503 e. The molecule has 0 bridgehead atoms. The molecular formula is C18H13ClFN3O3S. The van der Waals surface area contributed by atoms with E-state index in [2.05, 4.69) is 4.98 Å². The molecule has 6 nitrogen and oxygen atoms in total. The van der Waals surface area contributed by atoms with Crippen molar-refractivity contribution in [2.24, 2.45) is 0 Å². The van der Waals surface area contributed by atoms with Gasteiger partial charge in [0.2, 0.25) is 5.43 Å². The standard InChI is InChI=1S/C18H13ClFN3O3S/c19-12-7-10(1-2-13(12)20)8-23-5-4-22-9-11(17-21-3-6-27-17)15(24)16(25)14(22)18(23)26/h1-3,6-7,9,25H,4-5,8H2. The first-order valence-electron chi connectivity index (χ1n) is 8.05. The molecule has 1 aliphatic heterocycles. The second-order valence-electron chi connectivity index (χ2n) is 6.07. The number of carbonyl (C=O) groups is 1. The number of fused-ring (bicyclic) bond motifs is 1. The molecule has 0 saturated heterocycles. The fourth-order valence-electron chi connectivity index (χ4n) is 3.05. The number of thiazole rings is 1. The molecule has 9 heteroatoms. The van der Waals surface area contributed by atoms with Crippen LogP contribution in [0.4, 0.5) is 4.39 Å². The lowest BCUT2D eigenvalue weighted by Crippen LogP contribution is -2.41. The first kappa shape index (κ1) is 17.7. The van der Waals surface area contributed by atoms with Crippen LogP contribution in [0, 0.1) is 5.82 Å². The van der Waals surface area contributed by atoms with E-state index in [0.29, 0.717) is 23.7 Å². The van der Waals surface area contributed by atoms with Crippen molar-refractivity contribution in [1.82, 2.24) is 14.5 Å². The highest BCUT2D eigenvalue weighted by Crippen LogP contribution is 2.27. The fraction of sp³-hybridized carbons (Fsp3) is 0.167. The average Bonchev–Trinajstić information content (AvgIpc) is 3.17. The number of aromatic nitrogens is 2. The molecule has 27 heavy (non-hydrogen) atoms. The summed E-state index contributed by atoms with van der Waals surface area (Å²) in [6.45, 7) is 0.976. The van der Waals surface area contributed by atoms with Gasteiger partial charge in [-0.15, -0.1) is 11.3 Å². The quantitative estimate of drug-likeness (QED) is 0.726. The van der Waals surface area contributed by atoms with Crippen molar-refractivity contribution in [1.29, 1.82) is 0 Å². The van der Waals surface area contributed by atoms with Crippen molar-refractivity contribution in [2.75, 3.05) is 6.54 Å². The summed E-state index contributed by atoms with van der Waals surface area (Å²) in [5.41, 5.74) is 0.234. The van der Waals surface area contributed by atoms with Gasteiger partial charge in [0.25, 0.3) is 5.91 Å². The van der Waals surface area contributed by atoms with E-state index in [9.17, 15) is 19.1 Å². The zero-order chi connectivity index (χ0) is 19.1. The van der Waals surface area contributed by atoms with Crippen LogP contribution in [-0.4, -0.2) is 32.0 Å². The van der Waals surface area contributed by atoms with Crippen molar-refractivity contribution in [2.45, 2.75) is 13.1 Å². The van der Waals surface area contributed by atoms with Gasteiger partial charge in [-0.25, -0.2) is 9.37 Å². The van der Waals surface area contributed by atoms with Gasteiger partial charge in [-0.1, -0.05) is 17.7 Å². The van der Waals surface area contributed by atoms with E-state index in [1.165, 1.54) is 28.4 Å². The summed E-state index contributed by atoms with van der Waals surface area (Å²) in [7, 11) is 0. The third kappa shape index (κ3) is 3.11. The first-order valence-corrected chi connectivity index (χ1v) is 9.31. The molecule has 2 aromatic heterocycles. The van der Waals surface area contributed by atoms with Gasteiger partial charge < -0.3 is 14.6 Å². The van der Waals surface area contributed by atoms with Crippen molar-refractivity contribution in [3.63, 3.8) is 0 Å². The van der Waals surface area contributed by atoms with Crippen LogP contribution in [0.15, 0.2) is 40.8 Å². The molecule has 0 atom stereocenters. The Morgan fingerprint density at radius 3 is 2.81 bits per heavy atom. The molecule has 0 radical (unpaired) electrons. The van der Waals surface area contributed by atoms with E-state index in [1.807, 2.05) is 0 Å². The minimum atomic E-state index is -0.628. The van der Waals surface area contributed by atoms with Gasteiger partial charge in [-0.05, 0) is 17.7 Å². The Labute approximate surface area is 162 Å². The number of amides is 1. The van der Waals surface area contributed by atoms with Crippen molar-refractivity contribution >= 4 is 28.8 Å². The molecule has 0 aliphatic carbocycles. The molecule has 3 aromatic rings. The maximum absolute atomic E-state index is 13.3. The van der Waals surface area contributed by atoms with E-state index in [-0.39, 0.29) is 22.8 Å². The molecule has 0 unspecified atom stereocenters. The highest BCUT2D eigenvalue weighted by molar-refractivity contribution is 7.13. The van der Waals surface area contributed by atoms with Crippen LogP contribution in [-0.2, 0) is 13.1 Å². The van der Waals surface area contributed by atoms with Gasteiger partial charge in [-0.2, -0.15) is 0 Å². The van der Waals surface area contributed by atoms with Gasteiger partial charge >= 0.3 is 0 Å². The summed E-state index contributed by atoms with van der Waals surface area (Å²) in [6.07, 6.45) is 3.13. The van der Waals surface area contributed by atoms with Crippen LogP contribution in [0.3, 0.4) is 0 Å². The highest BCUT2D eigenvalue weighted by Gasteiger charge is 2.30. The van der Waals surface area contributed by atoms with Crippen LogP contribution in [0.5, 0.6) is 5.75 Å². The maximum Gasteiger partial charge on any atom is 0.274 e. The molecule has 4 rings (SSSR count). The fourth-order valence-corrected chi connectivity index (χ4v) is 3.90. The Morgan fingerprint density at radius 1 is 1.30 bits per heavy atom. The summed E-state index contributed by atoms with van der Waals surface area (Å²) in [5.74, 6) is -1.59. The van der Waals surface area contributed by atoms with Gasteiger partial charge in [0, 0.05) is 37.4 Å². The van der Waals surface area contributed by atoms with Crippen molar-refractivity contribution < 1.29 is 14.3 Å². The van der Waals surface area contributed by atoms with Gasteiger partial charge in [0.15, 0.2) is 11.4 Å². The van der Waals surface area contributed by atoms with E-state index in [1.54, 1.807) is 28.4 Å². The zero-order valence-corrected chi connectivity index (χ0v) is 15.4. The van der Waals surface area contributed by atoms with Crippen LogP contribution < -0.4 is 5.43 Å². The SMILES string of the molecule is O=C1c2c(O)c(=O)c(-c3nccs3)cn2CCN1Cc1ccc(F)c(Cl)c1. The van der Waals surface area contributed by atoms with Crippen molar-refractivity contribution in [3.8, 4) is 16.3 Å². The lowest BCUT2D eigenvalue weighted by atomic mass is 10.1. The van der Waals surface area contributed by atoms with Crippen LogP contribution in [0.2, 0.25) is 5.02 Å². The first-order chi connectivity index (χ1) is 13.0. The number of hydrogen-bond donors (Lipinski definition) is 1. The van der Waals surface area contributed by atoms with Gasteiger partial charge in [0.1, 0.15) is 10.8 Å². The van der Waals surface area contributed by atoms with Crippen LogP contribution in [0.25, 0.3) is 10.6 Å². The summed E-state index contributed by atoms with van der Waals surface area (Å²) >= 11 is 7.07. The molecule has 3 heterocycles. The predicted molar refractivity (Wildman–Crippen MR) is 99.6 cm³/mol. The minimum Gasteiger partial charge on any atom is -0.503 e. The molecule has 0 fully saturated rings. The Kier molecular flexibility index (Phi) is 4.45. The molecule has 138 valence electrons. The molecule has 0 saturated carbocycles. The third-order valence-electron chi connectivity index (χ3n) is 4.38. The van der Waals surface area contributed by atoms with Gasteiger partial charge in [0.05, 0.1) is 10.6 Å². The molecule has 1 aromatic carbocycles. The summed E-state index contributed by atoms with van der Waals surface area (Å²) < 4.78 is 14.9. The molecule has 1 amide bonds. The number of halogens is 2. The number of carbonyl (C=O) groups excluding carboxylic acids is 1. The lowest BCUT2D eigenvalue weighted by molar-refractivity contribution is 0.0683. The number of pyridine rings is 1. The Balaban J connectivity index is 1.69. The highest BCUT2D eigenvalue weighted by atomic mass is 35.5. The summed E-state index contributed by atoms with van der Waals surface area (Å²) in [6, 6.07) is 4.24. The molecule has 0 spiro atoms. The monoisotopic (exact) mass is 405 g/mol. The van der Waals surface area contributed by atoms with Crippen LogP contribution >= 0.6 is 22.9 Å². The molecule has 1 aliphatic rings. The van der Waals surface area contributed by atoms with E-state index < -0.39 is 22.9 Å². The lowest BCUT2D eigenvalue weighted by Gasteiger charge is -2.30. The molecule has 1 N–H and O–H groups in total. The number of aromatic hydroxyl groups is 1. The maximum atomic E-state index is 13.3. The number of benzene rings is 1. The number of hydrogen-bond acceptors (Lipinski definition) is 5.